The number of nitrogens with zero attached hydrogens (tertiary/aromatic N) is 2. The number of nitrogens with two attached hydrogens (primary N) is 1. The quantitative estimate of drug-likeness (QED) is 0.678. The van der Waals surface area contributed by atoms with Gasteiger partial charge in [0.05, 0.1) is 6.10 Å². The van der Waals surface area contributed by atoms with E-state index in [-0.39, 0.29) is 47.0 Å². The second-order valence-electron chi connectivity index (χ2n) is 9.01. The number of rotatable bonds is 6. The zero-order valence-electron chi connectivity index (χ0n) is 16.7. The monoisotopic (exact) mass is 414 g/mol. The molecule has 2 aliphatic carbocycles. The van der Waals surface area contributed by atoms with Crippen LogP contribution in [-0.4, -0.2) is 58.6 Å². The highest BCUT2D eigenvalue weighted by Gasteiger charge is 2.58. The lowest BCUT2D eigenvalue weighted by atomic mass is 9.52. The number of hydrogen-bond donors (Lipinski definition) is 2. The van der Waals surface area contributed by atoms with Crippen molar-refractivity contribution in [2.24, 2.45) is 11.1 Å². The lowest BCUT2D eigenvalue weighted by Gasteiger charge is -2.58. The van der Waals surface area contributed by atoms with E-state index in [1.807, 2.05) is 0 Å². The van der Waals surface area contributed by atoms with E-state index >= 15 is 0 Å². The summed E-state index contributed by atoms with van der Waals surface area (Å²) in [5.74, 6) is -0.416. The van der Waals surface area contributed by atoms with Crippen molar-refractivity contribution in [3.63, 3.8) is 0 Å². The van der Waals surface area contributed by atoms with Gasteiger partial charge < -0.3 is 20.5 Å². The number of ether oxygens (including phenoxy) is 2. The Bertz CT molecular complexity index is 870. The molecule has 4 amide bonds. The van der Waals surface area contributed by atoms with Crippen LogP contribution < -0.4 is 15.8 Å². The largest absolute Gasteiger partial charge is 0.474 e. The maximum atomic E-state index is 12.8. The summed E-state index contributed by atoms with van der Waals surface area (Å²) < 4.78 is 11.5. The first-order valence-electron chi connectivity index (χ1n) is 10.6. The van der Waals surface area contributed by atoms with Crippen molar-refractivity contribution >= 4 is 17.8 Å². The summed E-state index contributed by atoms with van der Waals surface area (Å²) in [7, 11) is 0. The Kier molecular flexibility index (Phi) is 4.65. The molecule has 2 aliphatic heterocycles. The van der Waals surface area contributed by atoms with Crippen LogP contribution in [0.4, 0.5) is 4.79 Å². The zero-order chi connectivity index (χ0) is 20.9. The third-order valence-electron chi connectivity index (χ3n) is 6.91. The third kappa shape index (κ3) is 3.30. The van der Waals surface area contributed by atoms with Crippen molar-refractivity contribution in [1.29, 1.82) is 0 Å². The molecule has 1 spiro atoms. The summed E-state index contributed by atoms with van der Waals surface area (Å²) in [5.41, 5.74) is 5.76. The molecule has 5 rings (SSSR count). The van der Waals surface area contributed by atoms with Crippen molar-refractivity contribution in [2.75, 3.05) is 6.61 Å². The zero-order valence-corrected chi connectivity index (χ0v) is 16.7. The number of carbonyl (C=O) groups excluding carboxylic acids is 3. The molecule has 9 nitrogen and oxygen atoms in total. The highest BCUT2D eigenvalue weighted by Crippen LogP contribution is 2.58. The molecule has 1 aromatic rings. The number of aromatic nitrogens is 1. The van der Waals surface area contributed by atoms with Crippen LogP contribution >= 0.6 is 0 Å². The summed E-state index contributed by atoms with van der Waals surface area (Å²) >= 11 is 0. The normalized spacial score (nSPS) is 35.1. The summed E-state index contributed by atoms with van der Waals surface area (Å²) in [6.07, 6.45) is 7.35. The number of hydrogen-bond acceptors (Lipinski definition) is 6. The Balaban J connectivity index is 1.13. The van der Waals surface area contributed by atoms with E-state index in [1.165, 1.54) is 4.90 Å². The maximum Gasteiger partial charge on any atom is 0.325 e. The number of urea groups is 1. The number of carbonyl (C=O) groups is 3. The Morgan fingerprint density at radius 3 is 2.83 bits per heavy atom. The van der Waals surface area contributed by atoms with Gasteiger partial charge in [-0.2, -0.15) is 0 Å². The topological polar surface area (TPSA) is 124 Å². The minimum absolute atomic E-state index is 0.0330. The Morgan fingerprint density at radius 2 is 2.13 bits per heavy atom. The number of primary amides is 1. The standard InChI is InChI=1S/C21H26N4O5/c22-17(26)15-4-1-5-23-18(15)30-14-10-21(11-14)8-12(9-21)25-19(27)16(24-20(25)28)7-13-3-2-6-29-13/h1,4-5,12-14,16H,2-3,6-11H2,(H2,22,26)(H,24,28)/t12-,13?,14-,16?,21?. The molecule has 160 valence electrons. The number of amides is 4. The van der Waals surface area contributed by atoms with Crippen molar-refractivity contribution in [2.45, 2.75) is 69.2 Å². The summed E-state index contributed by atoms with van der Waals surface area (Å²) in [6, 6.07) is 2.45. The van der Waals surface area contributed by atoms with Gasteiger partial charge in [0.25, 0.3) is 11.8 Å². The van der Waals surface area contributed by atoms with Crippen LogP contribution in [0, 0.1) is 5.41 Å². The fourth-order valence-electron chi connectivity index (χ4n) is 5.42. The predicted molar refractivity (Wildman–Crippen MR) is 105 cm³/mol. The lowest BCUT2D eigenvalue weighted by Crippen LogP contribution is -2.60. The van der Waals surface area contributed by atoms with Crippen LogP contribution in [0.15, 0.2) is 18.3 Å². The van der Waals surface area contributed by atoms with Crippen LogP contribution in [0.3, 0.4) is 0 Å². The minimum atomic E-state index is -0.563. The average Bonchev–Trinajstić information content (AvgIpc) is 3.25. The number of imide groups is 1. The van der Waals surface area contributed by atoms with Gasteiger partial charge in [-0.15, -0.1) is 0 Å². The molecular formula is C21H26N4O5. The molecule has 0 aromatic carbocycles. The van der Waals surface area contributed by atoms with Gasteiger partial charge >= 0.3 is 6.03 Å². The molecule has 9 heteroatoms. The van der Waals surface area contributed by atoms with Gasteiger partial charge in [0, 0.05) is 25.3 Å². The number of nitrogens with one attached hydrogen (secondary N) is 1. The Hall–Kier alpha value is -2.68. The van der Waals surface area contributed by atoms with Gasteiger partial charge in [0.2, 0.25) is 5.88 Å². The second-order valence-corrected chi connectivity index (χ2v) is 9.01. The highest BCUT2D eigenvalue weighted by molar-refractivity contribution is 6.04. The van der Waals surface area contributed by atoms with E-state index in [0.717, 1.165) is 45.1 Å². The molecule has 30 heavy (non-hydrogen) atoms. The molecule has 3 heterocycles. The van der Waals surface area contributed by atoms with E-state index < -0.39 is 11.9 Å². The van der Waals surface area contributed by atoms with Crippen LogP contribution in [0.5, 0.6) is 5.88 Å². The first kappa shape index (κ1) is 19.3. The number of pyridine rings is 1. The van der Waals surface area contributed by atoms with E-state index in [9.17, 15) is 14.4 Å². The van der Waals surface area contributed by atoms with Gasteiger partial charge in [-0.1, -0.05) is 0 Å². The van der Waals surface area contributed by atoms with Crippen molar-refractivity contribution in [3.8, 4) is 5.88 Å². The summed E-state index contributed by atoms with van der Waals surface area (Å²) in [4.78, 5) is 42.2. The third-order valence-corrected chi connectivity index (χ3v) is 6.91. The summed E-state index contributed by atoms with van der Waals surface area (Å²) in [6.45, 7) is 0.733. The molecule has 0 bridgehead atoms. The molecule has 2 saturated carbocycles. The smallest absolute Gasteiger partial charge is 0.325 e. The Labute approximate surface area is 174 Å². The molecule has 2 unspecified atom stereocenters. The molecular weight excluding hydrogens is 388 g/mol. The van der Waals surface area contributed by atoms with Gasteiger partial charge in [-0.3, -0.25) is 14.5 Å². The Morgan fingerprint density at radius 1 is 1.33 bits per heavy atom. The summed E-state index contributed by atoms with van der Waals surface area (Å²) in [5, 5.41) is 2.83. The van der Waals surface area contributed by atoms with Crippen LogP contribution in [0.1, 0.15) is 55.3 Å². The van der Waals surface area contributed by atoms with E-state index in [1.54, 1.807) is 18.3 Å². The lowest BCUT2D eigenvalue weighted by molar-refractivity contribution is -0.141. The SMILES string of the molecule is NC(=O)c1cccnc1O[C@H]1CC2(C1)C[C@H](N1C(=O)NC(CC3CCCO3)C1=O)C2. The first-order chi connectivity index (χ1) is 14.4. The van der Waals surface area contributed by atoms with Crippen LogP contribution in [-0.2, 0) is 9.53 Å². The predicted octanol–water partition coefficient (Wildman–Crippen LogP) is 1.36. The molecule has 0 radical (unpaired) electrons. The van der Waals surface area contributed by atoms with Gasteiger partial charge in [-0.25, -0.2) is 9.78 Å². The molecule has 4 aliphatic rings. The molecule has 4 fully saturated rings. The first-order valence-corrected chi connectivity index (χ1v) is 10.6. The minimum Gasteiger partial charge on any atom is -0.474 e. The fourth-order valence-corrected chi connectivity index (χ4v) is 5.42. The second kappa shape index (κ2) is 7.23. The highest BCUT2D eigenvalue weighted by atomic mass is 16.5. The van der Waals surface area contributed by atoms with Crippen molar-refractivity contribution in [1.82, 2.24) is 15.2 Å². The van der Waals surface area contributed by atoms with Crippen molar-refractivity contribution < 1.29 is 23.9 Å². The van der Waals surface area contributed by atoms with Gasteiger partial charge in [0.15, 0.2) is 0 Å². The van der Waals surface area contributed by atoms with Crippen LogP contribution in [0.25, 0.3) is 0 Å². The van der Waals surface area contributed by atoms with Crippen LogP contribution in [0.2, 0.25) is 0 Å². The van der Waals surface area contributed by atoms with Gasteiger partial charge in [-0.05, 0) is 56.1 Å². The van der Waals surface area contributed by atoms with E-state index in [4.69, 9.17) is 15.2 Å². The van der Waals surface area contributed by atoms with E-state index in [2.05, 4.69) is 10.3 Å². The fraction of sp³-hybridized carbons (Fsp3) is 0.619. The van der Waals surface area contributed by atoms with E-state index in [0.29, 0.717) is 6.42 Å². The molecule has 2 saturated heterocycles. The molecule has 1 aromatic heterocycles. The van der Waals surface area contributed by atoms with Crippen molar-refractivity contribution in [3.05, 3.63) is 23.9 Å². The molecule has 3 N–H and O–H groups in total. The van der Waals surface area contributed by atoms with Gasteiger partial charge in [0.1, 0.15) is 17.7 Å². The average molecular weight is 414 g/mol. The maximum absolute atomic E-state index is 12.8. The molecule has 2 atom stereocenters.